The summed E-state index contributed by atoms with van der Waals surface area (Å²) in [6, 6.07) is 8.06. The van der Waals surface area contributed by atoms with Crippen molar-refractivity contribution in [3.8, 4) is 0 Å². The largest absolute Gasteiger partial charge is 0.444 e. The molecule has 0 bridgehead atoms. The Bertz CT molecular complexity index is 826. The SMILES string of the molecule is CN(CC(=O)N[C@H]1c2ccccc2CC[C@@H]1n1ccnc1)C(=O)OC(C)(C)C. The van der Waals surface area contributed by atoms with E-state index < -0.39 is 11.7 Å². The second-order valence-electron chi connectivity index (χ2n) is 8.20. The fourth-order valence-electron chi connectivity index (χ4n) is 3.54. The summed E-state index contributed by atoms with van der Waals surface area (Å²) in [7, 11) is 1.57. The molecule has 1 aromatic carbocycles. The van der Waals surface area contributed by atoms with Crippen LogP contribution >= 0.6 is 0 Å². The Morgan fingerprint density at radius 1 is 1.32 bits per heavy atom. The van der Waals surface area contributed by atoms with Crippen molar-refractivity contribution in [2.75, 3.05) is 13.6 Å². The van der Waals surface area contributed by atoms with Crippen LogP contribution in [0.3, 0.4) is 0 Å². The first-order valence-electron chi connectivity index (χ1n) is 9.53. The molecule has 7 nitrogen and oxygen atoms in total. The lowest BCUT2D eigenvalue weighted by Gasteiger charge is -2.35. The summed E-state index contributed by atoms with van der Waals surface area (Å²) >= 11 is 0. The third-order valence-electron chi connectivity index (χ3n) is 4.79. The fourth-order valence-corrected chi connectivity index (χ4v) is 3.54. The summed E-state index contributed by atoms with van der Waals surface area (Å²) in [4.78, 5) is 30.3. The van der Waals surface area contributed by atoms with Gasteiger partial charge >= 0.3 is 6.09 Å². The van der Waals surface area contributed by atoms with E-state index >= 15 is 0 Å². The van der Waals surface area contributed by atoms with Gasteiger partial charge < -0.3 is 19.5 Å². The number of aryl methyl sites for hydroxylation is 1. The van der Waals surface area contributed by atoms with E-state index in [-0.39, 0.29) is 24.5 Å². The number of hydrogen-bond donors (Lipinski definition) is 1. The zero-order valence-corrected chi connectivity index (χ0v) is 16.9. The van der Waals surface area contributed by atoms with Crippen molar-refractivity contribution >= 4 is 12.0 Å². The average Bonchev–Trinajstić information content (AvgIpc) is 3.15. The minimum atomic E-state index is -0.601. The molecule has 1 N–H and O–H groups in total. The molecule has 0 radical (unpaired) electrons. The average molecular weight is 384 g/mol. The van der Waals surface area contributed by atoms with E-state index in [4.69, 9.17) is 4.74 Å². The molecule has 1 aliphatic carbocycles. The minimum absolute atomic E-state index is 0.0652. The number of nitrogens with one attached hydrogen (secondary N) is 1. The van der Waals surface area contributed by atoms with Crippen LogP contribution in [0.2, 0.25) is 0 Å². The zero-order valence-electron chi connectivity index (χ0n) is 16.9. The van der Waals surface area contributed by atoms with E-state index in [0.717, 1.165) is 18.4 Å². The van der Waals surface area contributed by atoms with Gasteiger partial charge in [0, 0.05) is 19.4 Å². The number of nitrogens with zero attached hydrogens (tertiary/aromatic N) is 3. The molecule has 0 aliphatic heterocycles. The van der Waals surface area contributed by atoms with E-state index in [9.17, 15) is 9.59 Å². The van der Waals surface area contributed by atoms with Crippen LogP contribution < -0.4 is 5.32 Å². The highest BCUT2D eigenvalue weighted by Crippen LogP contribution is 2.37. The number of likely N-dealkylation sites (N-methyl/N-ethyl adjacent to an activating group) is 1. The van der Waals surface area contributed by atoms with Gasteiger partial charge in [0.15, 0.2) is 0 Å². The molecule has 0 fully saturated rings. The molecule has 7 heteroatoms. The van der Waals surface area contributed by atoms with Crippen molar-refractivity contribution in [3.05, 3.63) is 54.1 Å². The minimum Gasteiger partial charge on any atom is -0.444 e. The predicted octanol–water partition coefficient (Wildman–Crippen LogP) is 3.09. The number of hydrogen-bond acceptors (Lipinski definition) is 4. The highest BCUT2D eigenvalue weighted by atomic mass is 16.6. The topological polar surface area (TPSA) is 76.5 Å². The normalized spacial score (nSPS) is 18.9. The Balaban J connectivity index is 1.74. The van der Waals surface area contributed by atoms with Gasteiger partial charge in [-0.25, -0.2) is 9.78 Å². The van der Waals surface area contributed by atoms with Crippen molar-refractivity contribution in [2.45, 2.75) is 51.3 Å². The molecule has 2 amide bonds. The molecule has 1 aromatic heterocycles. The molecular weight excluding hydrogens is 356 g/mol. The number of carbonyl (C=O) groups excluding carboxylic acids is 2. The van der Waals surface area contributed by atoms with Gasteiger partial charge in [-0.05, 0) is 44.7 Å². The molecule has 0 saturated carbocycles. The third kappa shape index (κ3) is 4.71. The van der Waals surface area contributed by atoms with Gasteiger partial charge in [0.25, 0.3) is 0 Å². The lowest BCUT2D eigenvalue weighted by Crippen LogP contribution is -2.44. The van der Waals surface area contributed by atoms with Crippen LogP contribution in [0.1, 0.15) is 50.4 Å². The van der Waals surface area contributed by atoms with Gasteiger partial charge in [0.2, 0.25) is 5.91 Å². The first-order valence-corrected chi connectivity index (χ1v) is 9.53. The molecule has 0 saturated heterocycles. The molecule has 1 heterocycles. The highest BCUT2D eigenvalue weighted by molar-refractivity contribution is 5.82. The van der Waals surface area contributed by atoms with Gasteiger partial charge in [0.1, 0.15) is 12.1 Å². The van der Waals surface area contributed by atoms with E-state index in [1.54, 1.807) is 40.3 Å². The summed E-state index contributed by atoms with van der Waals surface area (Å²) in [5.41, 5.74) is 1.75. The number of benzene rings is 1. The van der Waals surface area contributed by atoms with Crippen LogP contribution in [0.25, 0.3) is 0 Å². The standard InChI is InChI=1S/C21H28N4O3/c1-21(2,3)28-20(27)24(4)13-18(26)23-19-16-8-6-5-7-15(16)9-10-17(19)25-12-11-22-14-25/h5-8,11-12,14,17,19H,9-10,13H2,1-4H3,(H,23,26)/t17-,19-/m0/s1. The quantitative estimate of drug-likeness (QED) is 0.879. The van der Waals surface area contributed by atoms with Crippen LogP contribution in [-0.2, 0) is 16.0 Å². The van der Waals surface area contributed by atoms with Gasteiger partial charge in [-0.15, -0.1) is 0 Å². The number of ether oxygens (including phenoxy) is 1. The third-order valence-corrected chi connectivity index (χ3v) is 4.79. The number of amides is 2. The van der Waals surface area contributed by atoms with E-state index in [0.29, 0.717) is 0 Å². The number of aromatic nitrogens is 2. The van der Waals surface area contributed by atoms with Gasteiger partial charge in [0.05, 0.1) is 18.4 Å². The molecule has 0 unspecified atom stereocenters. The maximum absolute atomic E-state index is 12.7. The van der Waals surface area contributed by atoms with Crippen molar-refractivity contribution in [2.24, 2.45) is 0 Å². The monoisotopic (exact) mass is 384 g/mol. The van der Waals surface area contributed by atoms with Crippen LogP contribution in [0.15, 0.2) is 43.0 Å². The van der Waals surface area contributed by atoms with Gasteiger partial charge in [-0.3, -0.25) is 4.79 Å². The molecule has 1 aliphatic rings. The van der Waals surface area contributed by atoms with Gasteiger partial charge in [-0.1, -0.05) is 24.3 Å². The van der Waals surface area contributed by atoms with Crippen LogP contribution in [0, 0.1) is 0 Å². The summed E-state index contributed by atoms with van der Waals surface area (Å²) < 4.78 is 7.36. The zero-order chi connectivity index (χ0) is 20.3. The highest BCUT2D eigenvalue weighted by Gasteiger charge is 2.32. The Labute approximate surface area is 165 Å². The van der Waals surface area contributed by atoms with Crippen LogP contribution in [0.5, 0.6) is 0 Å². The maximum Gasteiger partial charge on any atom is 0.410 e. The van der Waals surface area contributed by atoms with Crippen LogP contribution in [-0.4, -0.2) is 45.6 Å². The molecular formula is C21H28N4O3. The Kier molecular flexibility index (Phi) is 5.72. The first kappa shape index (κ1) is 19.9. The van der Waals surface area contributed by atoms with Crippen molar-refractivity contribution in [1.29, 1.82) is 0 Å². The first-order chi connectivity index (χ1) is 13.2. The lowest BCUT2D eigenvalue weighted by molar-refractivity contribution is -0.123. The van der Waals surface area contributed by atoms with Gasteiger partial charge in [-0.2, -0.15) is 0 Å². The van der Waals surface area contributed by atoms with Crippen molar-refractivity contribution in [1.82, 2.24) is 19.8 Å². The summed E-state index contributed by atoms with van der Waals surface area (Å²) in [6.07, 6.45) is 6.78. The Hall–Kier alpha value is -2.83. The second-order valence-corrected chi connectivity index (χ2v) is 8.20. The van der Waals surface area contributed by atoms with Crippen molar-refractivity contribution in [3.63, 3.8) is 0 Å². The Morgan fingerprint density at radius 3 is 2.75 bits per heavy atom. The second kappa shape index (κ2) is 8.04. The smallest absolute Gasteiger partial charge is 0.410 e. The number of fused-ring (bicyclic) bond motifs is 1. The fraction of sp³-hybridized carbons (Fsp3) is 0.476. The molecule has 2 aromatic rings. The van der Waals surface area contributed by atoms with E-state index in [1.165, 1.54) is 10.5 Å². The molecule has 28 heavy (non-hydrogen) atoms. The molecule has 150 valence electrons. The van der Waals surface area contributed by atoms with E-state index in [1.807, 2.05) is 22.9 Å². The molecule has 0 spiro atoms. The molecule has 2 atom stereocenters. The molecule has 3 rings (SSSR count). The van der Waals surface area contributed by atoms with Crippen molar-refractivity contribution < 1.29 is 14.3 Å². The lowest BCUT2D eigenvalue weighted by atomic mass is 9.84. The summed E-state index contributed by atoms with van der Waals surface area (Å²) in [5, 5.41) is 3.13. The van der Waals surface area contributed by atoms with E-state index in [2.05, 4.69) is 22.4 Å². The maximum atomic E-state index is 12.7. The number of carbonyl (C=O) groups is 2. The summed E-state index contributed by atoms with van der Waals surface area (Å²) in [5.74, 6) is -0.222. The predicted molar refractivity (Wildman–Crippen MR) is 106 cm³/mol. The number of rotatable bonds is 4. The summed E-state index contributed by atoms with van der Waals surface area (Å²) in [6.45, 7) is 5.33. The van der Waals surface area contributed by atoms with Crippen LogP contribution in [0.4, 0.5) is 4.79 Å². The Morgan fingerprint density at radius 2 is 2.07 bits per heavy atom. The number of imidazole rings is 1.